The molecule has 4 aromatic rings. The summed E-state index contributed by atoms with van der Waals surface area (Å²) in [7, 11) is 0. The van der Waals surface area contributed by atoms with Gasteiger partial charge in [0.25, 0.3) is 0 Å². The number of aromatic nitrogens is 3. The Hall–Kier alpha value is -3.31. The van der Waals surface area contributed by atoms with Crippen LogP contribution in [-0.2, 0) is 12.8 Å². The third kappa shape index (κ3) is 3.87. The Morgan fingerprint density at radius 3 is 2.73 bits per heavy atom. The topological polar surface area (TPSA) is 45.8 Å². The van der Waals surface area contributed by atoms with Gasteiger partial charge in [-0.05, 0) is 61.6 Å². The quantitative estimate of drug-likeness (QED) is 0.416. The number of benzene rings is 1. The van der Waals surface area contributed by atoms with Crippen LogP contribution in [0.3, 0.4) is 0 Å². The minimum atomic E-state index is 0.313. The number of fused-ring (bicyclic) bond motifs is 2. The van der Waals surface area contributed by atoms with E-state index in [9.17, 15) is 0 Å². The number of aliphatic imine (C=N–C) groups is 1. The maximum atomic E-state index is 5.10. The first-order valence-corrected chi connectivity index (χ1v) is 12.0. The zero-order chi connectivity index (χ0) is 22.2. The number of likely N-dealkylation sites (tertiary alicyclic amines) is 1. The van der Waals surface area contributed by atoms with Gasteiger partial charge in [-0.1, -0.05) is 30.3 Å². The van der Waals surface area contributed by atoms with Crippen molar-refractivity contribution in [3.05, 3.63) is 95.7 Å². The van der Waals surface area contributed by atoms with E-state index >= 15 is 0 Å². The van der Waals surface area contributed by atoms with E-state index in [0.717, 1.165) is 49.3 Å². The number of nitrogens with zero attached hydrogens (tertiary/aromatic N) is 5. The highest BCUT2D eigenvalue weighted by Crippen LogP contribution is 2.38. The molecule has 0 bridgehead atoms. The van der Waals surface area contributed by atoms with Crippen LogP contribution in [0.2, 0.25) is 0 Å². The molecule has 2 aliphatic rings. The Balaban J connectivity index is 1.32. The van der Waals surface area contributed by atoms with Crippen molar-refractivity contribution in [2.45, 2.75) is 51.1 Å². The second kappa shape index (κ2) is 8.56. The van der Waals surface area contributed by atoms with Crippen LogP contribution in [0, 0.1) is 6.92 Å². The highest BCUT2D eigenvalue weighted by atomic mass is 15.2. The molecule has 2 atom stereocenters. The third-order valence-corrected chi connectivity index (χ3v) is 7.17. The van der Waals surface area contributed by atoms with Crippen LogP contribution in [0.15, 0.2) is 78.2 Å². The van der Waals surface area contributed by atoms with Gasteiger partial charge in [0.1, 0.15) is 5.65 Å². The molecule has 33 heavy (non-hydrogen) atoms. The number of hydrogen-bond donors (Lipinski definition) is 0. The molecule has 0 amide bonds. The van der Waals surface area contributed by atoms with E-state index in [4.69, 9.17) is 15.0 Å². The van der Waals surface area contributed by atoms with Crippen LogP contribution in [0.25, 0.3) is 5.65 Å². The summed E-state index contributed by atoms with van der Waals surface area (Å²) in [6.07, 6.45) is 11.5. The Morgan fingerprint density at radius 1 is 0.970 bits per heavy atom. The normalized spacial score (nSPS) is 20.7. The second-order valence-corrected chi connectivity index (χ2v) is 9.26. The van der Waals surface area contributed by atoms with Gasteiger partial charge in [0.15, 0.2) is 0 Å². The van der Waals surface area contributed by atoms with Crippen LogP contribution < -0.4 is 0 Å². The van der Waals surface area contributed by atoms with Gasteiger partial charge in [-0.3, -0.25) is 14.9 Å². The molecule has 166 valence electrons. The summed E-state index contributed by atoms with van der Waals surface area (Å²) in [5, 5.41) is 0. The molecule has 1 aromatic carbocycles. The maximum Gasteiger partial charge on any atom is 0.136 e. The van der Waals surface area contributed by atoms with Crippen molar-refractivity contribution in [1.29, 1.82) is 0 Å². The number of aryl methyl sites for hydroxylation is 1. The van der Waals surface area contributed by atoms with Crippen LogP contribution in [0.4, 0.5) is 5.69 Å². The lowest BCUT2D eigenvalue weighted by molar-refractivity contribution is 0.115. The smallest absolute Gasteiger partial charge is 0.136 e. The lowest BCUT2D eigenvalue weighted by atomic mass is 9.88. The average Bonchev–Trinajstić information content (AvgIpc) is 3.47. The number of pyridine rings is 2. The fraction of sp³-hybridized carbons (Fsp3) is 0.321. The molecule has 6 rings (SSSR count). The summed E-state index contributed by atoms with van der Waals surface area (Å²) in [5.74, 6) is 0. The molecule has 1 saturated heterocycles. The van der Waals surface area contributed by atoms with Gasteiger partial charge in [0.2, 0.25) is 0 Å². The molecule has 0 spiro atoms. The highest BCUT2D eigenvalue weighted by molar-refractivity contribution is 5.97. The van der Waals surface area contributed by atoms with Crippen molar-refractivity contribution in [2.75, 3.05) is 6.54 Å². The number of piperidine rings is 1. The summed E-state index contributed by atoms with van der Waals surface area (Å²) in [6, 6.07) is 19.6. The number of para-hydroxylation sites is 1. The van der Waals surface area contributed by atoms with Crippen molar-refractivity contribution in [3.63, 3.8) is 0 Å². The summed E-state index contributed by atoms with van der Waals surface area (Å²) in [5.41, 5.74) is 8.44. The molecule has 0 radical (unpaired) electrons. The first-order valence-electron chi connectivity index (χ1n) is 12.0. The second-order valence-electron chi connectivity index (χ2n) is 9.26. The Kier molecular flexibility index (Phi) is 5.27. The van der Waals surface area contributed by atoms with Gasteiger partial charge in [-0.2, -0.15) is 0 Å². The molecule has 5 heteroatoms. The van der Waals surface area contributed by atoms with Crippen molar-refractivity contribution < 1.29 is 0 Å². The van der Waals surface area contributed by atoms with Crippen LogP contribution in [-0.4, -0.2) is 37.6 Å². The molecular weight excluding hydrogens is 406 g/mol. The van der Waals surface area contributed by atoms with E-state index in [0.29, 0.717) is 12.1 Å². The van der Waals surface area contributed by atoms with Gasteiger partial charge in [0, 0.05) is 49.7 Å². The van der Waals surface area contributed by atoms with Gasteiger partial charge in [0.05, 0.1) is 23.1 Å². The molecule has 5 heterocycles. The van der Waals surface area contributed by atoms with Crippen molar-refractivity contribution >= 4 is 17.0 Å². The summed E-state index contributed by atoms with van der Waals surface area (Å²) >= 11 is 0. The predicted octanol–water partition coefficient (Wildman–Crippen LogP) is 5.50. The highest BCUT2D eigenvalue weighted by Gasteiger charge is 2.36. The summed E-state index contributed by atoms with van der Waals surface area (Å²) < 4.78 is 2.11. The van der Waals surface area contributed by atoms with E-state index in [2.05, 4.69) is 71.1 Å². The Labute approximate surface area is 194 Å². The van der Waals surface area contributed by atoms with Crippen molar-refractivity contribution in [2.24, 2.45) is 4.99 Å². The summed E-state index contributed by atoms with van der Waals surface area (Å²) in [4.78, 5) is 17.5. The molecule has 0 N–H and O–H groups in total. The Bertz CT molecular complexity index is 1290. The first-order chi connectivity index (χ1) is 16.3. The SMILES string of the molecule is Cc1cccnc1[C@@H]1CCC[C@H](C2=Nc3ccccc3C2)N1CCc1cn2ccccc2n1. The average molecular weight is 436 g/mol. The van der Waals surface area contributed by atoms with Gasteiger partial charge >= 0.3 is 0 Å². The number of rotatable bonds is 5. The van der Waals surface area contributed by atoms with E-state index in [-0.39, 0.29) is 0 Å². The fourth-order valence-corrected chi connectivity index (χ4v) is 5.57. The largest absolute Gasteiger partial charge is 0.307 e. The van der Waals surface area contributed by atoms with E-state index in [1.165, 1.54) is 29.0 Å². The third-order valence-electron chi connectivity index (χ3n) is 7.17. The predicted molar refractivity (Wildman–Crippen MR) is 132 cm³/mol. The number of imidazole rings is 1. The minimum Gasteiger partial charge on any atom is -0.307 e. The van der Waals surface area contributed by atoms with Gasteiger partial charge in [-0.25, -0.2) is 4.98 Å². The van der Waals surface area contributed by atoms with Crippen LogP contribution in [0.1, 0.15) is 47.8 Å². The standard InChI is InChI=1S/C28H29N5/c1-20-8-7-15-29-28(20)26-12-6-11-25(24-18-21-9-2-3-10-23(21)31-24)33(26)17-14-22-19-32-16-5-4-13-27(32)30-22/h2-5,7-10,13,15-16,19,25-26H,6,11-12,14,17-18H2,1H3/t25-,26+/m1/s1. The molecule has 3 aromatic heterocycles. The van der Waals surface area contributed by atoms with Gasteiger partial charge < -0.3 is 4.40 Å². The van der Waals surface area contributed by atoms with E-state index < -0.39 is 0 Å². The van der Waals surface area contributed by atoms with Crippen molar-refractivity contribution in [3.8, 4) is 0 Å². The molecule has 0 unspecified atom stereocenters. The zero-order valence-corrected chi connectivity index (χ0v) is 19.1. The van der Waals surface area contributed by atoms with Crippen LogP contribution >= 0.6 is 0 Å². The lowest BCUT2D eigenvalue weighted by Crippen LogP contribution is -2.47. The van der Waals surface area contributed by atoms with E-state index in [1.807, 2.05) is 18.3 Å². The molecular formula is C28H29N5. The molecule has 0 saturated carbocycles. The molecule has 5 nitrogen and oxygen atoms in total. The first kappa shape index (κ1) is 20.3. The lowest BCUT2D eigenvalue weighted by Gasteiger charge is -2.42. The minimum absolute atomic E-state index is 0.313. The van der Waals surface area contributed by atoms with Crippen molar-refractivity contribution in [1.82, 2.24) is 19.3 Å². The summed E-state index contributed by atoms with van der Waals surface area (Å²) in [6.45, 7) is 3.14. The van der Waals surface area contributed by atoms with Crippen LogP contribution in [0.5, 0.6) is 0 Å². The fourth-order valence-electron chi connectivity index (χ4n) is 5.57. The zero-order valence-electron chi connectivity index (χ0n) is 19.1. The molecule has 0 aliphatic carbocycles. The van der Waals surface area contributed by atoms with E-state index in [1.54, 1.807) is 0 Å². The van der Waals surface area contributed by atoms with Gasteiger partial charge in [-0.15, -0.1) is 0 Å². The Morgan fingerprint density at radius 2 is 1.85 bits per heavy atom. The monoisotopic (exact) mass is 435 g/mol. The molecule has 2 aliphatic heterocycles. The molecule has 1 fully saturated rings. The number of hydrogen-bond acceptors (Lipinski definition) is 4. The maximum absolute atomic E-state index is 5.10.